The molecule has 118 valence electrons. The Kier molecular flexibility index (Phi) is 4.58. The topological polar surface area (TPSA) is 40.5 Å². The largest absolute Gasteiger partial charge is 0.392 e. The predicted octanol–water partition coefficient (Wildman–Crippen LogP) is 2.84. The van der Waals surface area contributed by atoms with E-state index >= 15 is 0 Å². The van der Waals surface area contributed by atoms with Crippen molar-refractivity contribution in [2.75, 3.05) is 6.54 Å². The second-order valence-corrected chi connectivity index (χ2v) is 5.97. The fraction of sp³-hybridized carbons (Fsp3) is 0.250. The van der Waals surface area contributed by atoms with Crippen LogP contribution in [0.25, 0.3) is 0 Å². The molecule has 0 saturated heterocycles. The van der Waals surface area contributed by atoms with Crippen molar-refractivity contribution >= 4 is 5.91 Å². The second kappa shape index (κ2) is 6.80. The fourth-order valence-electron chi connectivity index (χ4n) is 3.03. The number of amides is 1. The fourth-order valence-corrected chi connectivity index (χ4v) is 3.03. The van der Waals surface area contributed by atoms with Gasteiger partial charge in [-0.05, 0) is 46.7 Å². The zero-order valence-electron chi connectivity index (χ0n) is 13.2. The summed E-state index contributed by atoms with van der Waals surface area (Å²) >= 11 is 0. The second-order valence-electron chi connectivity index (χ2n) is 5.97. The Hall–Kier alpha value is -2.39. The summed E-state index contributed by atoms with van der Waals surface area (Å²) in [7, 11) is 0. The van der Waals surface area contributed by atoms with Gasteiger partial charge in [0.15, 0.2) is 0 Å². The summed E-state index contributed by atoms with van der Waals surface area (Å²) in [6, 6.07) is 14.6. The van der Waals surface area contributed by atoms with Crippen LogP contribution in [0.4, 0.5) is 0 Å². The third-order valence-corrected chi connectivity index (χ3v) is 4.38. The highest BCUT2D eigenvalue weighted by Crippen LogP contribution is 2.22. The van der Waals surface area contributed by atoms with E-state index in [1.807, 2.05) is 17.0 Å². The Morgan fingerprint density at radius 2 is 1.78 bits per heavy atom. The first-order valence-electron chi connectivity index (χ1n) is 7.90. The minimum Gasteiger partial charge on any atom is -0.392 e. The Morgan fingerprint density at radius 3 is 2.48 bits per heavy atom. The Balaban J connectivity index is 1.74. The molecule has 0 spiro atoms. The summed E-state index contributed by atoms with van der Waals surface area (Å²) in [5.74, 6) is 0.00343. The highest BCUT2D eigenvalue weighted by Gasteiger charge is 2.18. The lowest BCUT2D eigenvalue weighted by molar-refractivity contribution is -0.126. The predicted molar refractivity (Wildman–Crippen MR) is 90.9 cm³/mol. The van der Waals surface area contributed by atoms with Crippen molar-refractivity contribution in [3.8, 4) is 0 Å². The summed E-state index contributed by atoms with van der Waals surface area (Å²) in [6.07, 6.45) is 3.16. The van der Waals surface area contributed by atoms with Crippen molar-refractivity contribution in [3.05, 3.63) is 82.9 Å². The SMILES string of the molecule is C=CC(=O)N1CCc2cc(Cc3ccc(CO)cc3)ccc2C1. The number of nitrogens with zero attached hydrogens (tertiary/aromatic N) is 1. The van der Waals surface area contributed by atoms with E-state index in [4.69, 9.17) is 5.11 Å². The molecular formula is C20H21NO2. The van der Waals surface area contributed by atoms with Gasteiger partial charge in [-0.1, -0.05) is 49.0 Å². The minimum atomic E-state index is 0.00343. The van der Waals surface area contributed by atoms with Crippen LogP contribution in [0.2, 0.25) is 0 Å². The molecule has 1 heterocycles. The number of carbonyl (C=O) groups excluding carboxylic acids is 1. The quantitative estimate of drug-likeness (QED) is 0.882. The lowest BCUT2D eigenvalue weighted by atomic mass is 9.94. The van der Waals surface area contributed by atoms with E-state index < -0.39 is 0 Å². The molecule has 1 aliphatic heterocycles. The summed E-state index contributed by atoms with van der Waals surface area (Å²) in [4.78, 5) is 13.6. The molecule has 0 fully saturated rings. The summed E-state index contributed by atoms with van der Waals surface area (Å²) in [6.45, 7) is 5.07. The van der Waals surface area contributed by atoms with Gasteiger partial charge in [-0.2, -0.15) is 0 Å². The van der Waals surface area contributed by atoms with Crippen LogP contribution in [-0.2, 0) is 30.8 Å². The minimum absolute atomic E-state index is 0.00343. The zero-order valence-corrected chi connectivity index (χ0v) is 13.2. The molecule has 0 saturated carbocycles. The van der Waals surface area contributed by atoms with E-state index in [0.717, 1.165) is 24.9 Å². The van der Waals surface area contributed by atoms with Crippen LogP contribution in [0, 0.1) is 0 Å². The number of benzene rings is 2. The first-order chi connectivity index (χ1) is 11.2. The van der Waals surface area contributed by atoms with Gasteiger partial charge in [0.25, 0.3) is 0 Å². The molecule has 0 unspecified atom stereocenters. The monoisotopic (exact) mass is 307 g/mol. The van der Waals surface area contributed by atoms with E-state index in [-0.39, 0.29) is 12.5 Å². The number of fused-ring (bicyclic) bond motifs is 1. The lowest BCUT2D eigenvalue weighted by Gasteiger charge is -2.28. The van der Waals surface area contributed by atoms with Crippen molar-refractivity contribution in [2.45, 2.75) is 26.0 Å². The normalized spacial score (nSPS) is 13.5. The van der Waals surface area contributed by atoms with Crippen LogP contribution >= 0.6 is 0 Å². The zero-order chi connectivity index (χ0) is 16.2. The molecule has 3 nitrogen and oxygen atoms in total. The highest BCUT2D eigenvalue weighted by molar-refractivity contribution is 5.87. The van der Waals surface area contributed by atoms with E-state index in [0.29, 0.717) is 6.54 Å². The van der Waals surface area contributed by atoms with Gasteiger partial charge in [-0.15, -0.1) is 0 Å². The van der Waals surface area contributed by atoms with Gasteiger partial charge in [0.1, 0.15) is 0 Å². The van der Waals surface area contributed by atoms with Crippen molar-refractivity contribution in [2.24, 2.45) is 0 Å². The summed E-state index contributed by atoms with van der Waals surface area (Å²) in [5, 5.41) is 9.09. The molecule has 3 heteroatoms. The van der Waals surface area contributed by atoms with E-state index in [1.54, 1.807) is 0 Å². The van der Waals surface area contributed by atoms with Crippen LogP contribution < -0.4 is 0 Å². The van der Waals surface area contributed by atoms with Crippen LogP contribution in [0.15, 0.2) is 55.1 Å². The number of aliphatic hydroxyl groups is 1. The average molecular weight is 307 g/mol. The van der Waals surface area contributed by atoms with E-state index in [2.05, 4.69) is 36.9 Å². The first-order valence-corrected chi connectivity index (χ1v) is 7.90. The van der Waals surface area contributed by atoms with Gasteiger partial charge < -0.3 is 10.0 Å². The maximum Gasteiger partial charge on any atom is 0.246 e. The van der Waals surface area contributed by atoms with Crippen molar-refractivity contribution in [1.82, 2.24) is 4.90 Å². The molecule has 1 aliphatic rings. The molecule has 2 aromatic carbocycles. The van der Waals surface area contributed by atoms with Crippen LogP contribution in [0.1, 0.15) is 27.8 Å². The van der Waals surface area contributed by atoms with Crippen molar-refractivity contribution < 1.29 is 9.90 Å². The maximum absolute atomic E-state index is 11.7. The van der Waals surface area contributed by atoms with Gasteiger partial charge in [0.2, 0.25) is 5.91 Å². The van der Waals surface area contributed by atoms with Gasteiger partial charge in [-0.25, -0.2) is 0 Å². The van der Waals surface area contributed by atoms with Gasteiger partial charge >= 0.3 is 0 Å². The van der Waals surface area contributed by atoms with E-state index in [9.17, 15) is 4.79 Å². The summed E-state index contributed by atoms with van der Waals surface area (Å²) in [5.41, 5.74) is 6.02. The van der Waals surface area contributed by atoms with Crippen LogP contribution in [-0.4, -0.2) is 22.5 Å². The Bertz CT molecular complexity index is 719. The van der Waals surface area contributed by atoms with Crippen molar-refractivity contribution in [1.29, 1.82) is 0 Å². The maximum atomic E-state index is 11.7. The molecule has 0 radical (unpaired) electrons. The van der Waals surface area contributed by atoms with Crippen molar-refractivity contribution in [3.63, 3.8) is 0 Å². The number of carbonyl (C=O) groups is 1. The van der Waals surface area contributed by atoms with Gasteiger partial charge in [-0.3, -0.25) is 4.79 Å². The molecule has 1 N–H and O–H groups in total. The molecule has 1 amide bonds. The molecular weight excluding hydrogens is 286 g/mol. The molecule has 2 aromatic rings. The van der Waals surface area contributed by atoms with Gasteiger partial charge in [0.05, 0.1) is 6.61 Å². The Labute approximate surface area is 136 Å². The van der Waals surface area contributed by atoms with Gasteiger partial charge in [0, 0.05) is 13.1 Å². The third kappa shape index (κ3) is 3.51. The van der Waals surface area contributed by atoms with Crippen LogP contribution in [0.3, 0.4) is 0 Å². The number of aliphatic hydroxyl groups excluding tert-OH is 1. The molecule has 0 atom stereocenters. The molecule has 0 aliphatic carbocycles. The number of hydrogen-bond acceptors (Lipinski definition) is 2. The first kappa shape index (κ1) is 15.5. The number of hydrogen-bond donors (Lipinski definition) is 1. The van der Waals surface area contributed by atoms with Crippen LogP contribution in [0.5, 0.6) is 0 Å². The molecule has 3 rings (SSSR count). The standard InChI is InChI=1S/C20H21NO2/c1-2-20(23)21-10-9-18-12-17(7-8-19(18)13-21)11-15-3-5-16(14-22)6-4-15/h2-8,12,22H,1,9-11,13-14H2. The molecule has 0 bridgehead atoms. The molecule has 0 aromatic heterocycles. The molecule has 23 heavy (non-hydrogen) atoms. The lowest BCUT2D eigenvalue weighted by Crippen LogP contribution is -2.34. The Morgan fingerprint density at radius 1 is 1.09 bits per heavy atom. The highest BCUT2D eigenvalue weighted by atomic mass is 16.3. The smallest absolute Gasteiger partial charge is 0.246 e. The van der Waals surface area contributed by atoms with E-state index in [1.165, 1.54) is 28.3 Å². The average Bonchev–Trinajstić information content (AvgIpc) is 2.61. The number of rotatable bonds is 4. The third-order valence-electron chi connectivity index (χ3n) is 4.38. The summed E-state index contributed by atoms with van der Waals surface area (Å²) < 4.78 is 0.